The molecule has 0 saturated carbocycles. The lowest BCUT2D eigenvalue weighted by atomic mass is 10.8. The minimum absolute atomic E-state index is 0.0260. The van der Waals surface area contributed by atoms with Crippen molar-refractivity contribution in [3.63, 3.8) is 0 Å². The Kier molecular flexibility index (Phi) is 3.02. The van der Waals surface area contributed by atoms with Crippen LogP contribution < -0.4 is 10.2 Å². The van der Waals surface area contributed by atoms with E-state index in [2.05, 4.69) is 27.2 Å². The van der Waals surface area contributed by atoms with Crippen molar-refractivity contribution in [3.8, 4) is 0 Å². The molecule has 0 unspecified atom stereocenters. The number of urea groups is 1. The number of amides is 2. The highest BCUT2D eigenvalue weighted by Crippen LogP contribution is 2.11. The Morgan fingerprint density at radius 1 is 1.62 bits per heavy atom. The summed E-state index contributed by atoms with van der Waals surface area (Å²) < 4.78 is 0.509. The molecule has 0 saturated heterocycles. The smallest absolute Gasteiger partial charge is 0.336 e. The average molecular weight is 240 g/mol. The number of halogens is 2. The Morgan fingerprint density at radius 3 is 2.69 bits per heavy atom. The summed E-state index contributed by atoms with van der Waals surface area (Å²) in [5.74, 6) is -0.0702. The van der Waals surface area contributed by atoms with Gasteiger partial charge in [0.05, 0.1) is 0 Å². The van der Waals surface area contributed by atoms with E-state index >= 15 is 0 Å². The van der Waals surface area contributed by atoms with Gasteiger partial charge in [-0.15, -0.1) is 0 Å². The molecule has 1 rings (SSSR count). The monoisotopic (exact) mass is 239 g/mol. The number of H-pyrrole nitrogens is 1. The van der Waals surface area contributed by atoms with Gasteiger partial charge in [0.1, 0.15) is 0 Å². The van der Waals surface area contributed by atoms with E-state index in [1.807, 2.05) is 0 Å². The molecule has 1 aromatic heterocycles. The molecule has 0 spiro atoms. The highest BCUT2D eigenvalue weighted by molar-refractivity contribution is 7.71. The highest BCUT2D eigenvalue weighted by atomic mass is 35.5. The number of nitrogens with zero attached hydrogens (tertiary/aromatic N) is 3. The first-order valence-electron chi connectivity index (χ1n) is 2.90. The maximum atomic E-state index is 10.6. The van der Waals surface area contributed by atoms with Gasteiger partial charge in [0.25, 0.3) is 0 Å². The Balaban J connectivity index is 3.15. The molecule has 70 valence electrons. The molecule has 0 radical (unpaired) electrons. The molecule has 2 amide bonds. The van der Waals surface area contributed by atoms with Crippen LogP contribution in [0.25, 0.3) is 0 Å². The Bertz CT molecular complexity index is 392. The topological polar surface area (TPSA) is 87.9 Å². The lowest BCUT2D eigenvalue weighted by Crippen LogP contribution is -2.28. The average Bonchev–Trinajstić information content (AvgIpc) is 2.01. The third-order valence-corrected chi connectivity index (χ3v) is 1.68. The van der Waals surface area contributed by atoms with Crippen molar-refractivity contribution in [2.24, 2.45) is 5.73 Å². The van der Waals surface area contributed by atoms with Crippen molar-refractivity contribution in [1.29, 1.82) is 0 Å². The number of carbonyl (C=O) groups excluding carboxylic acids is 1. The van der Waals surface area contributed by atoms with Crippen LogP contribution in [0.2, 0.25) is 5.28 Å². The van der Waals surface area contributed by atoms with Gasteiger partial charge in [0.15, 0.2) is 0 Å². The van der Waals surface area contributed by atoms with Gasteiger partial charge in [-0.1, -0.05) is 0 Å². The van der Waals surface area contributed by atoms with Gasteiger partial charge in [-0.05, 0) is 23.8 Å². The Hall–Kier alpha value is -0.920. The van der Waals surface area contributed by atoms with Gasteiger partial charge < -0.3 is 5.73 Å². The predicted molar refractivity (Wildman–Crippen MR) is 50.1 cm³/mol. The number of nitrogens with two attached hydrogens (primary N) is 1. The molecule has 6 nitrogen and oxygen atoms in total. The third kappa shape index (κ3) is 2.51. The lowest BCUT2D eigenvalue weighted by Gasteiger charge is -2.08. The van der Waals surface area contributed by atoms with E-state index in [4.69, 9.17) is 29.1 Å². The molecule has 0 atom stereocenters. The van der Waals surface area contributed by atoms with E-state index < -0.39 is 6.03 Å². The summed E-state index contributed by atoms with van der Waals surface area (Å²) in [4.78, 5) is 20.1. The van der Waals surface area contributed by atoms with Gasteiger partial charge in [0.2, 0.25) is 16.0 Å². The maximum Gasteiger partial charge on any atom is 0.336 e. The molecule has 0 bridgehead atoms. The van der Waals surface area contributed by atoms with Gasteiger partial charge in [-0.25, -0.2) is 4.79 Å². The van der Waals surface area contributed by atoms with Crippen molar-refractivity contribution >= 4 is 47.6 Å². The number of hydrogen-bond donors (Lipinski definition) is 2. The summed E-state index contributed by atoms with van der Waals surface area (Å²) in [6, 6.07) is -0.901. The minimum atomic E-state index is -0.901. The fourth-order valence-corrected chi connectivity index (χ4v) is 1.02. The van der Waals surface area contributed by atoms with Gasteiger partial charge in [0, 0.05) is 11.8 Å². The van der Waals surface area contributed by atoms with Gasteiger partial charge in [-0.2, -0.15) is 14.4 Å². The first-order valence-corrected chi connectivity index (χ1v) is 4.02. The number of hydrogen-bond acceptors (Lipinski definition) is 4. The summed E-state index contributed by atoms with van der Waals surface area (Å²) in [5, 5.41) is -0.0260. The standard InChI is InChI=1S/C4H3Cl2N5OS/c5-1-8-3(10-4(13)9-1)11(6)2(7)12/h(H2,7,12)(H,8,9,10,13). The van der Waals surface area contributed by atoms with Crippen LogP contribution in [0.5, 0.6) is 0 Å². The molecule has 13 heavy (non-hydrogen) atoms. The van der Waals surface area contributed by atoms with Crippen molar-refractivity contribution in [2.75, 3.05) is 4.42 Å². The molecule has 1 heterocycles. The summed E-state index contributed by atoms with van der Waals surface area (Å²) in [6.07, 6.45) is 0. The SMILES string of the molecule is NC(=O)N(Cl)c1nc(=S)nc(Cl)[nH]1. The summed E-state index contributed by atoms with van der Waals surface area (Å²) in [5.41, 5.74) is 4.87. The number of carbonyl (C=O) groups is 1. The Labute approximate surface area is 87.8 Å². The zero-order chi connectivity index (χ0) is 10.0. The second-order valence-corrected chi connectivity index (χ2v) is 2.93. The van der Waals surface area contributed by atoms with E-state index in [0.717, 1.165) is 0 Å². The number of primary amides is 1. The fraction of sp³-hybridized carbons (Fsp3) is 0. The zero-order valence-corrected chi connectivity index (χ0v) is 8.32. The minimum Gasteiger partial charge on any atom is -0.350 e. The normalized spacial score (nSPS) is 9.69. The Morgan fingerprint density at radius 2 is 2.23 bits per heavy atom. The summed E-state index contributed by atoms with van der Waals surface area (Å²) >= 11 is 15.5. The van der Waals surface area contributed by atoms with Crippen molar-refractivity contribution in [1.82, 2.24) is 15.0 Å². The molecule has 1 aromatic rings. The number of rotatable bonds is 1. The molecule has 0 aliphatic carbocycles. The van der Waals surface area contributed by atoms with Crippen LogP contribution in [-0.4, -0.2) is 21.0 Å². The molecule has 3 N–H and O–H groups in total. The largest absolute Gasteiger partial charge is 0.350 e. The van der Waals surface area contributed by atoms with E-state index in [0.29, 0.717) is 4.42 Å². The van der Waals surface area contributed by atoms with Crippen LogP contribution in [0.3, 0.4) is 0 Å². The van der Waals surface area contributed by atoms with E-state index in [1.165, 1.54) is 0 Å². The molecule has 9 heteroatoms. The zero-order valence-electron chi connectivity index (χ0n) is 5.99. The van der Waals surface area contributed by atoms with E-state index in [1.54, 1.807) is 0 Å². The van der Waals surface area contributed by atoms with Crippen LogP contribution in [0.15, 0.2) is 0 Å². The van der Waals surface area contributed by atoms with Crippen LogP contribution in [0, 0.1) is 4.77 Å². The molecule has 0 aromatic carbocycles. The number of nitrogens with one attached hydrogen (secondary N) is 1. The molecular weight excluding hydrogens is 237 g/mol. The number of anilines is 1. The van der Waals surface area contributed by atoms with Crippen LogP contribution in [0.4, 0.5) is 10.7 Å². The number of aromatic amines is 1. The second-order valence-electron chi connectivity index (χ2n) is 1.86. The first kappa shape index (κ1) is 10.2. The maximum absolute atomic E-state index is 10.6. The fourth-order valence-electron chi connectivity index (χ4n) is 0.545. The third-order valence-electron chi connectivity index (χ3n) is 0.990. The summed E-state index contributed by atoms with van der Waals surface area (Å²) in [6.45, 7) is 0. The lowest BCUT2D eigenvalue weighted by molar-refractivity contribution is 0.257. The van der Waals surface area contributed by atoms with Crippen molar-refractivity contribution < 1.29 is 4.79 Å². The van der Waals surface area contributed by atoms with Crippen LogP contribution in [-0.2, 0) is 0 Å². The molecule has 0 aliphatic heterocycles. The summed E-state index contributed by atoms with van der Waals surface area (Å²) in [7, 11) is 0. The first-order chi connectivity index (χ1) is 6.00. The van der Waals surface area contributed by atoms with Crippen molar-refractivity contribution in [3.05, 3.63) is 10.1 Å². The quantitative estimate of drug-likeness (QED) is 0.570. The van der Waals surface area contributed by atoms with E-state index in [-0.39, 0.29) is 16.0 Å². The van der Waals surface area contributed by atoms with E-state index in [9.17, 15) is 4.79 Å². The second kappa shape index (κ2) is 3.86. The molecule has 0 fully saturated rings. The molecule has 0 aliphatic rings. The predicted octanol–water partition coefficient (Wildman–Crippen LogP) is 1.23. The number of aromatic nitrogens is 3. The highest BCUT2D eigenvalue weighted by Gasteiger charge is 2.12. The van der Waals surface area contributed by atoms with Gasteiger partial charge in [-0.3, -0.25) is 4.98 Å². The van der Waals surface area contributed by atoms with Gasteiger partial charge >= 0.3 is 6.03 Å². The molecular formula is C4H3Cl2N5OS. The van der Waals surface area contributed by atoms with Crippen LogP contribution in [0.1, 0.15) is 0 Å². The van der Waals surface area contributed by atoms with Crippen LogP contribution >= 0.6 is 35.6 Å². The van der Waals surface area contributed by atoms with Crippen molar-refractivity contribution in [2.45, 2.75) is 0 Å².